The SMILES string of the molecule is O=C(NCc1cccc(Cl)c1F)c1c2n3c(c(OCc4ccccc4)c1=O)C(=O)N1CCCCOC1C3CC2. The van der Waals surface area contributed by atoms with Gasteiger partial charge < -0.3 is 24.3 Å². The average Bonchev–Trinajstić information content (AvgIpc) is 3.21. The van der Waals surface area contributed by atoms with Crippen LogP contribution in [0.3, 0.4) is 0 Å². The number of rotatable bonds is 6. The van der Waals surface area contributed by atoms with Crippen LogP contribution in [0.1, 0.15) is 63.0 Å². The van der Waals surface area contributed by atoms with Crippen molar-refractivity contribution in [2.75, 3.05) is 13.2 Å². The highest BCUT2D eigenvalue weighted by molar-refractivity contribution is 6.30. The van der Waals surface area contributed by atoms with E-state index in [4.69, 9.17) is 21.1 Å². The van der Waals surface area contributed by atoms with Crippen LogP contribution in [0.5, 0.6) is 5.75 Å². The lowest BCUT2D eigenvalue weighted by Crippen LogP contribution is -2.52. The van der Waals surface area contributed by atoms with Crippen molar-refractivity contribution in [1.29, 1.82) is 0 Å². The maximum atomic E-state index is 14.4. The highest BCUT2D eigenvalue weighted by atomic mass is 35.5. The zero-order chi connectivity index (χ0) is 27.1. The molecular formula is C29H27ClFN3O5. The van der Waals surface area contributed by atoms with Crippen molar-refractivity contribution in [3.05, 3.63) is 97.7 Å². The fourth-order valence-corrected chi connectivity index (χ4v) is 5.93. The number of halogens is 2. The summed E-state index contributed by atoms with van der Waals surface area (Å²) in [5.41, 5.74) is 0.889. The van der Waals surface area contributed by atoms with Crippen LogP contribution in [0.15, 0.2) is 53.3 Å². The molecule has 2 amide bonds. The van der Waals surface area contributed by atoms with Gasteiger partial charge in [-0.15, -0.1) is 0 Å². The van der Waals surface area contributed by atoms with Gasteiger partial charge in [0, 0.05) is 31.0 Å². The predicted molar refractivity (Wildman–Crippen MR) is 141 cm³/mol. The predicted octanol–water partition coefficient (Wildman–Crippen LogP) is 4.23. The molecule has 0 aliphatic carbocycles. The molecule has 0 radical (unpaired) electrons. The van der Waals surface area contributed by atoms with E-state index in [2.05, 4.69) is 5.32 Å². The van der Waals surface area contributed by atoms with Gasteiger partial charge in [-0.2, -0.15) is 0 Å². The van der Waals surface area contributed by atoms with Gasteiger partial charge in [-0.05, 0) is 37.3 Å². The van der Waals surface area contributed by atoms with Crippen LogP contribution in [0, 0.1) is 5.82 Å². The van der Waals surface area contributed by atoms with Gasteiger partial charge in [0.05, 0.1) is 11.1 Å². The van der Waals surface area contributed by atoms with Crippen molar-refractivity contribution >= 4 is 23.4 Å². The number of pyridine rings is 1. The smallest absolute Gasteiger partial charge is 0.276 e. The molecule has 3 aromatic rings. The zero-order valence-electron chi connectivity index (χ0n) is 21.1. The van der Waals surface area contributed by atoms with Gasteiger partial charge in [-0.25, -0.2) is 4.39 Å². The standard InChI is InChI=1S/C29H27ClFN3O5/c30-19-10-6-9-18(23(19)31)15-32-27(36)22-20-11-12-21-29-33(13-4-5-14-38-29)28(37)24(34(20)21)26(25(22)35)39-16-17-7-2-1-3-8-17/h1-3,6-10,21,29H,4-5,11-16H2,(H,32,36). The second-order valence-corrected chi connectivity index (χ2v) is 10.3. The minimum absolute atomic E-state index is 0.0507. The molecule has 10 heteroatoms. The molecule has 0 spiro atoms. The highest BCUT2D eigenvalue weighted by Gasteiger charge is 2.48. The van der Waals surface area contributed by atoms with Gasteiger partial charge in [0.2, 0.25) is 5.43 Å². The van der Waals surface area contributed by atoms with Crippen LogP contribution in [0.25, 0.3) is 0 Å². The molecule has 2 aromatic carbocycles. The molecule has 2 unspecified atom stereocenters. The Hall–Kier alpha value is -3.69. The lowest BCUT2D eigenvalue weighted by molar-refractivity contribution is -0.0685. The Morgan fingerprint density at radius 2 is 1.95 bits per heavy atom. The van der Waals surface area contributed by atoms with E-state index in [1.807, 2.05) is 30.3 Å². The number of carbonyl (C=O) groups is 2. The van der Waals surface area contributed by atoms with Crippen molar-refractivity contribution in [3.63, 3.8) is 0 Å². The molecule has 0 saturated carbocycles. The van der Waals surface area contributed by atoms with E-state index in [-0.39, 0.29) is 52.7 Å². The summed E-state index contributed by atoms with van der Waals surface area (Å²) in [6.45, 7) is 0.948. The topological polar surface area (TPSA) is 89.9 Å². The maximum Gasteiger partial charge on any atom is 0.276 e. The summed E-state index contributed by atoms with van der Waals surface area (Å²) in [5, 5.41) is 2.61. The number of amides is 2. The summed E-state index contributed by atoms with van der Waals surface area (Å²) < 4.78 is 28.4. The van der Waals surface area contributed by atoms with Crippen molar-refractivity contribution in [2.45, 2.75) is 51.1 Å². The molecule has 3 aliphatic rings. The molecule has 4 heterocycles. The fraction of sp³-hybridized carbons (Fsp3) is 0.345. The number of fused-ring (bicyclic) bond motifs is 2. The average molecular weight is 552 g/mol. The highest BCUT2D eigenvalue weighted by Crippen LogP contribution is 2.42. The number of benzene rings is 2. The number of nitrogens with zero attached hydrogens (tertiary/aromatic N) is 2. The Kier molecular flexibility index (Phi) is 6.86. The summed E-state index contributed by atoms with van der Waals surface area (Å²) in [4.78, 5) is 42.9. The van der Waals surface area contributed by atoms with E-state index in [0.717, 1.165) is 18.4 Å². The maximum absolute atomic E-state index is 14.4. The first-order valence-electron chi connectivity index (χ1n) is 13.1. The first-order chi connectivity index (χ1) is 19.0. The van der Waals surface area contributed by atoms with Crippen LogP contribution < -0.4 is 15.5 Å². The number of carbonyl (C=O) groups excluding carboxylic acids is 2. The first-order valence-corrected chi connectivity index (χ1v) is 13.4. The monoisotopic (exact) mass is 551 g/mol. The van der Waals surface area contributed by atoms with Gasteiger partial charge in [0.25, 0.3) is 11.8 Å². The van der Waals surface area contributed by atoms with Gasteiger partial charge >= 0.3 is 0 Å². The normalized spacial score (nSPS) is 19.7. The third kappa shape index (κ3) is 4.49. The number of nitrogens with one attached hydrogen (secondary N) is 1. The van der Waals surface area contributed by atoms with Crippen molar-refractivity contribution in [1.82, 2.24) is 14.8 Å². The Balaban J connectivity index is 1.43. The molecule has 1 aromatic heterocycles. The number of aromatic nitrogens is 1. The van der Waals surface area contributed by atoms with Gasteiger partial charge in [0.15, 0.2) is 17.7 Å². The largest absolute Gasteiger partial charge is 0.483 e. The number of hydrogen-bond donors (Lipinski definition) is 1. The fourth-order valence-electron chi connectivity index (χ4n) is 5.74. The summed E-state index contributed by atoms with van der Waals surface area (Å²) in [6.07, 6.45) is 2.17. The van der Waals surface area contributed by atoms with Gasteiger partial charge in [-0.1, -0.05) is 54.1 Å². The molecule has 0 bridgehead atoms. The van der Waals surface area contributed by atoms with Crippen LogP contribution >= 0.6 is 11.6 Å². The molecule has 39 heavy (non-hydrogen) atoms. The van der Waals surface area contributed by atoms with Gasteiger partial charge in [0.1, 0.15) is 18.0 Å². The quantitative estimate of drug-likeness (QED) is 0.495. The van der Waals surface area contributed by atoms with Crippen LogP contribution in [-0.2, 0) is 24.3 Å². The van der Waals surface area contributed by atoms with E-state index >= 15 is 0 Å². The van der Waals surface area contributed by atoms with Crippen LogP contribution in [-0.4, -0.2) is 40.7 Å². The third-order valence-electron chi connectivity index (χ3n) is 7.58. The molecule has 8 nitrogen and oxygen atoms in total. The third-order valence-corrected chi connectivity index (χ3v) is 7.87. The second-order valence-electron chi connectivity index (χ2n) is 9.94. The first kappa shape index (κ1) is 25.6. The van der Waals surface area contributed by atoms with E-state index in [1.54, 1.807) is 15.5 Å². The zero-order valence-corrected chi connectivity index (χ0v) is 21.9. The molecule has 1 saturated heterocycles. The van der Waals surface area contributed by atoms with Gasteiger partial charge in [-0.3, -0.25) is 14.4 Å². The Bertz CT molecular complexity index is 1510. The van der Waals surface area contributed by atoms with Crippen molar-refractivity contribution in [3.8, 4) is 5.75 Å². The van der Waals surface area contributed by atoms with Crippen molar-refractivity contribution < 1.29 is 23.5 Å². The van der Waals surface area contributed by atoms with E-state index in [9.17, 15) is 18.8 Å². The lowest BCUT2D eigenvalue weighted by Gasteiger charge is -2.40. The minimum atomic E-state index is -0.661. The molecule has 1 fully saturated rings. The van der Waals surface area contributed by atoms with Crippen LogP contribution in [0.2, 0.25) is 5.02 Å². The van der Waals surface area contributed by atoms with Crippen molar-refractivity contribution in [2.24, 2.45) is 0 Å². The molecule has 2 atom stereocenters. The molecule has 202 valence electrons. The summed E-state index contributed by atoms with van der Waals surface area (Å²) in [7, 11) is 0. The van der Waals surface area contributed by atoms with E-state index in [0.29, 0.717) is 31.7 Å². The lowest BCUT2D eigenvalue weighted by atomic mass is 10.1. The molecule has 6 rings (SSSR count). The van der Waals surface area contributed by atoms with E-state index in [1.165, 1.54) is 12.1 Å². The number of ether oxygens (including phenoxy) is 2. The Morgan fingerprint density at radius 1 is 1.13 bits per heavy atom. The summed E-state index contributed by atoms with van der Waals surface area (Å²) >= 11 is 5.89. The molecule has 3 aliphatic heterocycles. The molecule has 1 N–H and O–H groups in total. The minimum Gasteiger partial charge on any atom is -0.483 e. The van der Waals surface area contributed by atoms with E-state index < -0.39 is 23.4 Å². The Morgan fingerprint density at radius 3 is 2.77 bits per heavy atom. The Labute approximate surface area is 229 Å². The summed E-state index contributed by atoms with van der Waals surface area (Å²) in [6, 6.07) is 13.6. The molecular weight excluding hydrogens is 525 g/mol. The van der Waals surface area contributed by atoms with Crippen LogP contribution in [0.4, 0.5) is 4.39 Å². The number of hydrogen-bond acceptors (Lipinski definition) is 5. The summed E-state index contributed by atoms with van der Waals surface area (Å²) in [5.74, 6) is -1.78. The second kappa shape index (κ2) is 10.5.